The number of thiazole rings is 3. The topological polar surface area (TPSA) is 488 Å². The first-order chi connectivity index (χ1) is 59.4. The lowest BCUT2D eigenvalue weighted by Gasteiger charge is -2.17. The Morgan fingerprint density at radius 3 is 1.11 bits per heavy atom. The molecule has 654 valence electrons. The number of aromatic nitrogens is 11. The standard InChI is InChI=1S/C35H43N9O5S.C25H33N5O5S2.C23H31N5O5S2/c1-45-12-13-47-14-15-48-16-17-49-27-18-23(8-10-26(27)46-2)35-40-25(9-11-32-41-28(36)20-29(37)42-32)34(50-35)24(22-6-4-3-5-7-22)19-33-43-30(38)21-31(39)44-33;1-31-7-8-33-9-10-34-11-12-35-20-13-17(5-6-19(20)32-2)24-28-18(23(37-24)16-3-4-16)15-36-25-29-21(26)14-22(27)30-25;1-15-17(14-34-23-27-20(24)13-21(25)28-23)26-22(35-15)16-4-5-18(30-3)19(12-16)33-11-10-32-9-8-31-7-6-29-2/h3-8,10,18,20-21,24H,9,11-17,19H2,1-2H3,(H4,36,37,41,42)(H4,38,39,43,44);5-6,13-14,16H,3-4,7-12,15H2,1-2H3,(H4,26,27,29,30);4-5,12-13H,6-11,14H2,1-3H3,(H4,24,25,27,28). The van der Waals surface area contributed by atoms with Crippen LogP contribution in [0.5, 0.6) is 34.5 Å². The summed E-state index contributed by atoms with van der Waals surface area (Å²) in [6.07, 6.45) is 3.84. The highest BCUT2D eigenvalue weighted by atomic mass is 32.2. The maximum atomic E-state index is 6.10. The van der Waals surface area contributed by atoms with Gasteiger partial charge in [-0.15, -0.1) is 34.0 Å². The summed E-state index contributed by atoms with van der Waals surface area (Å²) in [5.74, 6) is 9.21. The van der Waals surface area contributed by atoms with Crippen LogP contribution in [-0.2, 0) is 73.4 Å². The van der Waals surface area contributed by atoms with E-state index in [4.69, 9.17) is 132 Å². The van der Waals surface area contributed by atoms with Gasteiger partial charge in [-0.2, -0.15) is 0 Å². The molecule has 0 amide bonds. The Bertz CT molecular complexity index is 4940. The van der Waals surface area contributed by atoms with E-state index in [9.17, 15) is 0 Å². The molecule has 0 aliphatic heterocycles. The van der Waals surface area contributed by atoms with E-state index >= 15 is 0 Å². The highest BCUT2D eigenvalue weighted by Gasteiger charge is 2.31. The molecular formula is C83H107N19O15S5. The fourth-order valence-electron chi connectivity index (χ4n) is 11.7. The lowest BCUT2D eigenvalue weighted by Crippen LogP contribution is -2.12. The molecule has 1 unspecified atom stereocenters. The van der Waals surface area contributed by atoms with Gasteiger partial charge in [-0.25, -0.2) is 54.8 Å². The maximum Gasteiger partial charge on any atom is 0.191 e. The fraction of sp³-hybridized carbons (Fsp3) is 0.410. The molecule has 16 N–H and O–H groups in total. The number of hydrogen-bond acceptors (Lipinski definition) is 39. The zero-order chi connectivity index (χ0) is 86.4. The van der Waals surface area contributed by atoms with Crippen LogP contribution in [-0.4, -0.2) is 216 Å². The molecular weight excluding hydrogens is 1660 g/mol. The summed E-state index contributed by atoms with van der Waals surface area (Å²) < 4.78 is 82.4. The average Bonchev–Trinajstić information content (AvgIpc) is 1.64. The molecule has 0 radical (unpaired) electrons. The Labute approximate surface area is 729 Å². The molecule has 34 nitrogen and oxygen atoms in total. The van der Waals surface area contributed by atoms with Crippen LogP contribution in [0.1, 0.15) is 73.6 Å². The van der Waals surface area contributed by atoms with Gasteiger partial charge in [-0.3, -0.25) is 0 Å². The first kappa shape index (κ1) is 93.9. The van der Waals surface area contributed by atoms with Crippen molar-refractivity contribution in [2.75, 3.05) is 207 Å². The number of nitrogens with zero attached hydrogens (tertiary/aromatic N) is 11. The smallest absolute Gasteiger partial charge is 0.191 e. The van der Waals surface area contributed by atoms with Crippen molar-refractivity contribution in [3.8, 4) is 66.2 Å². The monoisotopic (exact) mass is 1770 g/mol. The number of nitrogen functional groups attached to an aromatic ring is 8. The number of thioether (sulfide) groups is 2. The highest BCUT2D eigenvalue weighted by Crippen LogP contribution is 2.48. The third kappa shape index (κ3) is 30.6. The van der Waals surface area contributed by atoms with Gasteiger partial charge in [0.05, 0.1) is 138 Å². The quantitative estimate of drug-likeness (QED) is 0.00997. The third-order valence-corrected chi connectivity index (χ3v) is 23.0. The van der Waals surface area contributed by atoms with Gasteiger partial charge in [-0.05, 0) is 92.3 Å². The summed E-state index contributed by atoms with van der Waals surface area (Å²) in [5.41, 5.74) is 54.0. The molecule has 7 heterocycles. The minimum Gasteiger partial charge on any atom is -0.493 e. The van der Waals surface area contributed by atoms with Gasteiger partial charge in [0.1, 0.15) is 93.0 Å². The molecule has 0 saturated heterocycles. The molecule has 1 atom stereocenters. The highest BCUT2D eigenvalue weighted by molar-refractivity contribution is 7.98. The lowest BCUT2D eigenvalue weighted by molar-refractivity contribution is 0.0178. The summed E-state index contributed by atoms with van der Waals surface area (Å²) in [4.78, 5) is 53.2. The van der Waals surface area contributed by atoms with Crippen LogP contribution < -0.4 is 74.3 Å². The van der Waals surface area contributed by atoms with Crippen LogP contribution >= 0.6 is 57.5 Å². The predicted molar refractivity (Wildman–Crippen MR) is 478 cm³/mol. The van der Waals surface area contributed by atoms with E-state index in [1.165, 1.54) is 53.4 Å². The van der Waals surface area contributed by atoms with Crippen molar-refractivity contribution in [1.82, 2.24) is 54.8 Å². The number of methoxy groups -OCH3 is 6. The fourth-order valence-corrected chi connectivity index (χ4v) is 17.0. The number of hydrogen-bond donors (Lipinski definition) is 8. The molecule has 39 heteroatoms. The van der Waals surface area contributed by atoms with Crippen molar-refractivity contribution in [2.45, 2.75) is 72.7 Å². The van der Waals surface area contributed by atoms with Gasteiger partial charge in [0.2, 0.25) is 0 Å². The van der Waals surface area contributed by atoms with Crippen LogP contribution in [0.2, 0.25) is 0 Å². The van der Waals surface area contributed by atoms with E-state index in [1.807, 2.05) is 79.7 Å². The number of rotatable bonds is 50. The Hall–Kier alpha value is -10.4. The molecule has 12 rings (SSSR count). The van der Waals surface area contributed by atoms with E-state index in [0.29, 0.717) is 259 Å². The van der Waals surface area contributed by atoms with Gasteiger partial charge >= 0.3 is 0 Å². The lowest BCUT2D eigenvalue weighted by atomic mass is 9.92. The van der Waals surface area contributed by atoms with Crippen molar-refractivity contribution in [1.29, 1.82) is 0 Å². The van der Waals surface area contributed by atoms with E-state index < -0.39 is 0 Å². The normalized spacial score (nSPS) is 12.0. The zero-order valence-electron chi connectivity index (χ0n) is 69.4. The Kier molecular flexibility index (Phi) is 38.7. The average molecular weight is 1770 g/mol. The SMILES string of the molecule is COCCOCCOCCOc1cc(-c2nc(CCc3nc(N)cc(N)n3)c(C(Cc3nc(N)cc(N)n3)c3ccccc3)s2)ccc1OC.COCCOCCOCCOc1cc(-c2nc(CSc3nc(N)cc(N)n3)c(C)s2)ccc1OC.COCCOCCOCCOc1cc(-c2nc(CSc3nc(N)cc(N)n3)c(C3CC3)s2)ccc1OC. The molecule has 1 aliphatic carbocycles. The summed E-state index contributed by atoms with van der Waals surface area (Å²) in [7, 11) is 9.78. The number of aryl methyl sites for hydroxylation is 3. The van der Waals surface area contributed by atoms with Crippen LogP contribution in [0, 0.1) is 6.92 Å². The van der Waals surface area contributed by atoms with Gasteiger partial charge in [0, 0.05) is 107 Å². The zero-order valence-corrected chi connectivity index (χ0v) is 73.5. The van der Waals surface area contributed by atoms with Crippen LogP contribution in [0.15, 0.2) is 120 Å². The minimum absolute atomic E-state index is 0.157. The summed E-state index contributed by atoms with van der Waals surface area (Å²) in [6.45, 7) is 10.7. The maximum absolute atomic E-state index is 6.10. The van der Waals surface area contributed by atoms with Crippen LogP contribution in [0.3, 0.4) is 0 Å². The molecule has 1 saturated carbocycles. The largest absolute Gasteiger partial charge is 0.493 e. The molecule has 0 bridgehead atoms. The van der Waals surface area contributed by atoms with E-state index in [2.05, 4.69) is 52.0 Å². The molecule has 1 aliphatic rings. The van der Waals surface area contributed by atoms with Gasteiger partial charge in [-0.1, -0.05) is 53.9 Å². The molecule has 11 aromatic rings. The second kappa shape index (κ2) is 50.3. The second-order valence-electron chi connectivity index (χ2n) is 26.8. The Morgan fingerprint density at radius 1 is 0.352 bits per heavy atom. The van der Waals surface area contributed by atoms with E-state index in [-0.39, 0.29) is 5.92 Å². The molecule has 7 aromatic heterocycles. The van der Waals surface area contributed by atoms with Gasteiger partial charge < -0.3 is 117 Å². The number of benzene rings is 4. The summed E-state index contributed by atoms with van der Waals surface area (Å²) in [6, 6.07) is 33.8. The van der Waals surface area contributed by atoms with Crippen molar-refractivity contribution >= 4 is 104 Å². The summed E-state index contributed by atoms with van der Waals surface area (Å²) >= 11 is 7.87. The number of ether oxygens (including phenoxy) is 15. The van der Waals surface area contributed by atoms with Crippen molar-refractivity contribution < 1.29 is 71.1 Å². The first-order valence-corrected chi connectivity index (χ1v) is 43.5. The third-order valence-electron chi connectivity index (χ3n) is 17.7. The van der Waals surface area contributed by atoms with Crippen molar-refractivity contribution in [3.63, 3.8) is 0 Å². The van der Waals surface area contributed by atoms with Gasteiger partial charge in [0.15, 0.2) is 44.8 Å². The van der Waals surface area contributed by atoms with Crippen molar-refractivity contribution in [2.24, 2.45) is 0 Å². The van der Waals surface area contributed by atoms with E-state index in [0.717, 1.165) is 64.1 Å². The van der Waals surface area contributed by atoms with E-state index in [1.54, 1.807) is 88.8 Å². The Morgan fingerprint density at radius 2 is 0.705 bits per heavy atom. The summed E-state index contributed by atoms with van der Waals surface area (Å²) in [5, 5.41) is 3.72. The van der Waals surface area contributed by atoms with Crippen LogP contribution in [0.4, 0.5) is 46.5 Å². The van der Waals surface area contributed by atoms with Crippen molar-refractivity contribution in [3.05, 3.63) is 158 Å². The minimum atomic E-state index is -0.157. The first-order valence-electron chi connectivity index (χ1n) is 39.1. The molecule has 4 aromatic carbocycles. The molecule has 0 spiro atoms. The molecule has 1 fully saturated rings. The van der Waals surface area contributed by atoms with Gasteiger partial charge in [0.25, 0.3) is 0 Å². The predicted octanol–water partition coefficient (Wildman–Crippen LogP) is 11.4. The Balaban J connectivity index is 0.000000196. The van der Waals surface area contributed by atoms with Crippen LogP contribution in [0.25, 0.3) is 31.7 Å². The number of nitrogens with two attached hydrogens (primary N) is 8. The number of anilines is 8. The molecule has 122 heavy (non-hydrogen) atoms. The second-order valence-corrected chi connectivity index (χ2v) is 31.9.